The average Bonchev–Trinajstić information content (AvgIpc) is 2.73. The molecule has 3 aromatic rings. The summed E-state index contributed by atoms with van der Waals surface area (Å²) in [6.07, 6.45) is 1.96. The molecule has 0 spiro atoms. The lowest BCUT2D eigenvalue weighted by Gasteiger charge is -2.36. The second-order valence-electron chi connectivity index (χ2n) is 6.94. The Balaban J connectivity index is 1.48. The predicted molar refractivity (Wildman–Crippen MR) is 112 cm³/mol. The second-order valence-corrected chi connectivity index (χ2v) is 7.37. The summed E-state index contributed by atoms with van der Waals surface area (Å²) in [7, 11) is 0. The van der Waals surface area contributed by atoms with Gasteiger partial charge in [0.25, 0.3) is 5.69 Å². The number of benzene rings is 2. The molecule has 1 aliphatic heterocycles. The lowest BCUT2D eigenvalue weighted by atomic mass is 10.1. The molecule has 4 rings (SSSR count). The number of rotatable bonds is 4. The van der Waals surface area contributed by atoms with Gasteiger partial charge in [0.15, 0.2) is 0 Å². The molecule has 1 fully saturated rings. The van der Waals surface area contributed by atoms with Crippen LogP contribution in [-0.2, 0) is 11.2 Å². The summed E-state index contributed by atoms with van der Waals surface area (Å²) < 4.78 is 0. The van der Waals surface area contributed by atoms with Crippen LogP contribution < -0.4 is 4.90 Å². The van der Waals surface area contributed by atoms with Crippen LogP contribution in [0.4, 0.5) is 11.4 Å². The maximum absolute atomic E-state index is 12.6. The maximum atomic E-state index is 12.6. The number of fused-ring (bicyclic) bond motifs is 1. The van der Waals surface area contributed by atoms with Crippen molar-refractivity contribution in [2.24, 2.45) is 0 Å². The number of halogens is 1. The highest BCUT2D eigenvalue weighted by atomic mass is 35.5. The highest BCUT2D eigenvalue weighted by Gasteiger charge is 2.24. The number of nitro groups is 1. The number of hydrogen-bond donors (Lipinski definition) is 0. The fourth-order valence-electron chi connectivity index (χ4n) is 3.69. The van der Waals surface area contributed by atoms with E-state index in [1.807, 2.05) is 23.1 Å². The van der Waals surface area contributed by atoms with E-state index in [4.69, 9.17) is 11.6 Å². The first-order valence-corrected chi connectivity index (χ1v) is 9.70. The first kappa shape index (κ1) is 19.1. The number of non-ortho nitro benzene ring substituents is 1. The Morgan fingerprint density at radius 3 is 2.62 bits per heavy atom. The van der Waals surface area contributed by atoms with Crippen molar-refractivity contribution in [2.75, 3.05) is 31.1 Å². The molecule has 1 aliphatic rings. The van der Waals surface area contributed by atoms with Gasteiger partial charge in [0, 0.05) is 43.5 Å². The molecule has 8 heteroatoms. The summed E-state index contributed by atoms with van der Waals surface area (Å²) in [5.41, 5.74) is 2.41. The van der Waals surface area contributed by atoms with Crippen molar-refractivity contribution in [2.45, 2.75) is 6.42 Å². The van der Waals surface area contributed by atoms with Crippen molar-refractivity contribution in [3.8, 4) is 0 Å². The number of anilines is 1. The third-order valence-electron chi connectivity index (χ3n) is 5.14. The second kappa shape index (κ2) is 8.05. The Morgan fingerprint density at radius 2 is 1.90 bits per heavy atom. The van der Waals surface area contributed by atoms with Gasteiger partial charge < -0.3 is 9.80 Å². The fraction of sp³-hybridized carbons (Fsp3) is 0.238. The average molecular weight is 411 g/mol. The van der Waals surface area contributed by atoms with Gasteiger partial charge in [-0.1, -0.05) is 23.7 Å². The van der Waals surface area contributed by atoms with Crippen LogP contribution in [-0.4, -0.2) is 46.9 Å². The Hall–Kier alpha value is -3.19. The van der Waals surface area contributed by atoms with Gasteiger partial charge in [0.05, 0.1) is 22.4 Å². The van der Waals surface area contributed by atoms with E-state index in [1.165, 1.54) is 6.07 Å². The van der Waals surface area contributed by atoms with Crippen molar-refractivity contribution in [3.63, 3.8) is 0 Å². The summed E-state index contributed by atoms with van der Waals surface area (Å²) >= 11 is 6.00. The van der Waals surface area contributed by atoms with E-state index < -0.39 is 0 Å². The number of carbonyl (C=O) groups excluding carboxylic acids is 1. The minimum atomic E-state index is -0.389. The van der Waals surface area contributed by atoms with Crippen LogP contribution in [0, 0.1) is 10.1 Å². The molecule has 29 heavy (non-hydrogen) atoms. The van der Waals surface area contributed by atoms with Crippen LogP contribution in [0.2, 0.25) is 5.02 Å². The minimum absolute atomic E-state index is 0.0483. The van der Waals surface area contributed by atoms with E-state index in [9.17, 15) is 14.9 Å². The third-order valence-corrected chi connectivity index (χ3v) is 5.37. The lowest BCUT2D eigenvalue weighted by Crippen LogP contribution is -2.49. The van der Waals surface area contributed by atoms with Crippen molar-refractivity contribution in [1.29, 1.82) is 0 Å². The van der Waals surface area contributed by atoms with Crippen molar-refractivity contribution < 1.29 is 9.72 Å². The van der Waals surface area contributed by atoms with Gasteiger partial charge in [-0.3, -0.25) is 19.9 Å². The van der Waals surface area contributed by atoms with Crippen molar-refractivity contribution >= 4 is 39.8 Å². The molecular weight excluding hydrogens is 392 g/mol. The van der Waals surface area contributed by atoms with E-state index in [0.29, 0.717) is 48.5 Å². The molecular formula is C21H19ClN4O3. The van der Waals surface area contributed by atoms with Crippen LogP contribution >= 0.6 is 11.6 Å². The molecule has 2 aromatic carbocycles. The highest BCUT2D eigenvalue weighted by Crippen LogP contribution is 2.32. The number of piperazine rings is 1. The Bertz CT molecular complexity index is 1080. The third kappa shape index (κ3) is 4.00. The lowest BCUT2D eigenvalue weighted by molar-refractivity contribution is -0.383. The molecule has 0 atom stereocenters. The Morgan fingerprint density at radius 1 is 1.10 bits per heavy atom. The number of carbonyl (C=O) groups is 1. The van der Waals surface area contributed by atoms with Crippen molar-refractivity contribution in [1.82, 2.24) is 9.88 Å². The predicted octanol–water partition coefficient (Wildman–Crippen LogP) is 3.69. The van der Waals surface area contributed by atoms with Crippen molar-refractivity contribution in [3.05, 3.63) is 75.4 Å². The first-order valence-electron chi connectivity index (χ1n) is 9.32. The standard InChI is InChI=1S/C21H19ClN4O3/c22-16-4-1-3-15(13-16)14-20(27)25-11-9-24(10-12-25)19-7-6-18(26(28)29)17-5-2-8-23-21(17)19/h1-8,13H,9-12,14H2. The van der Waals surface area contributed by atoms with E-state index in [0.717, 1.165) is 11.3 Å². The maximum Gasteiger partial charge on any atom is 0.278 e. The quantitative estimate of drug-likeness (QED) is 0.484. The van der Waals surface area contributed by atoms with Gasteiger partial charge >= 0.3 is 0 Å². The van der Waals surface area contributed by atoms with Crippen LogP contribution in [0.15, 0.2) is 54.7 Å². The van der Waals surface area contributed by atoms with Crippen LogP contribution in [0.5, 0.6) is 0 Å². The van der Waals surface area contributed by atoms with E-state index in [2.05, 4.69) is 9.88 Å². The molecule has 148 valence electrons. The van der Waals surface area contributed by atoms with Gasteiger partial charge in [-0.25, -0.2) is 0 Å². The molecule has 2 heterocycles. The van der Waals surface area contributed by atoms with Gasteiger partial charge in [0.1, 0.15) is 5.52 Å². The highest BCUT2D eigenvalue weighted by molar-refractivity contribution is 6.30. The van der Waals surface area contributed by atoms with Gasteiger partial charge in [0.2, 0.25) is 5.91 Å². The Labute approximate surface area is 172 Å². The largest absolute Gasteiger partial charge is 0.366 e. The van der Waals surface area contributed by atoms with Crippen LogP contribution in [0.1, 0.15) is 5.56 Å². The van der Waals surface area contributed by atoms with E-state index in [-0.39, 0.29) is 16.5 Å². The molecule has 1 amide bonds. The fourth-order valence-corrected chi connectivity index (χ4v) is 3.90. The number of hydrogen-bond acceptors (Lipinski definition) is 5. The van der Waals surface area contributed by atoms with E-state index in [1.54, 1.807) is 30.5 Å². The molecule has 0 N–H and O–H groups in total. The number of amides is 1. The zero-order valence-corrected chi connectivity index (χ0v) is 16.4. The molecule has 0 unspecified atom stereocenters. The zero-order valence-electron chi connectivity index (χ0n) is 15.6. The Kier molecular flexibility index (Phi) is 5.31. The van der Waals surface area contributed by atoms with Gasteiger partial charge in [-0.2, -0.15) is 0 Å². The van der Waals surface area contributed by atoms with E-state index >= 15 is 0 Å². The molecule has 1 saturated heterocycles. The van der Waals surface area contributed by atoms with Gasteiger partial charge in [-0.15, -0.1) is 0 Å². The molecule has 1 aromatic heterocycles. The number of pyridine rings is 1. The molecule has 0 aliphatic carbocycles. The van der Waals surface area contributed by atoms with Crippen LogP contribution in [0.3, 0.4) is 0 Å². The summed E-state index contributed by atoms with van der Waals surface area (Å²) in [5.74, 6) is 0.0681. The molecule has 0 saturated carbocycles. The van der Waals surface area contributed by atoms with Gasteiger partial charge in [-0.05, 0) is 35.9 Å². The summed E-state index contributed by atoms with van der Waals surface area (Å²) in [4.78, 5) is 31.9. The molecule has 0 radical (unpaired) electrons. The molecule has 0 bridgehead atoms. The van der Waals surface area contributed by atoms with Crippen LogP contribution in [0.25, 0.3) is 10.9 Å². The first-order chi connectivity index (χ1) is 14.0. The number of nitro benzene ring substituents is 1. The molecule has 7 nitrogen and oxygen atoms in total. The topological polar surface area (TPSA) is 79.6 Å². The monoisotopic (exact) mass is 410 g/mol. The number of nitrogens with zero attached hydrogens (tertiary/aromatic N) is 4. The smallest absolute Gasteiger partial charge is 0.278 e. The number of aromatic nitrogens is 1. The SMILES string of the molecule is O=C(Cc1cccc(Cl)c1)N1CCN(c2ccc([N+](=O)[O-])c3cccnc23)CC1. The summed E-state index contributed by atoms with van der Waals surface area (Å²) in [5, 5.41) is 12.4. The minimum Gasteiger partial charge on any atom is -0.366 e. The summed E-state index contributed by atoms with van der Waals surface area (Å²) in [6, 6.07) is 14.0. The normalized spacial score (nSPS) is 14.2. The summed E-state index contributed by atoms with van der Waals surface area (Å²) in [6.45, 7) is 2.46. The zero-order chi connectivity index (χ0) is 20.4.